The van der Waals surface area contributed by atoms with E-state index in [1.165, 1.54) is 25.7 Å². The van der Waals surface area contributed by atoms with Crippen molar-refractivity contribution in [2.75, 3.05) is 17.2 Å². The van der Waals surface area contributed by atoms with Crippen LogP contribution in [-0.4, -0.2) is 22.6 Å². The fraction of sp³-hybridized carbons (Fsp3) is 0.467. The van der Waals surface area contributed by atoms with Gasteiger partial charge in [0.25, 0.3) is 0 Å². The molecule has 0 atom stereocenters. The van der Waals surface area contributed by atoms with E-state index >= 15 is 0 Å². The lowest BCUT2D eigenvalue weighted by molar-refractivity contribution is 0.751. The molecular formula is C15H20N4. The van der Waals surface area contributed by atoms with E-state index in [1.807, 2.05) is 18.2 Å². The van der Waals surface area contributed by atoms with Gasteiger partial charge in [0, 0.05) is 18.0 Å². The standard InChI is InChI=1S/C15H20N4/c1-2-16-15-18-13-10-6-5-9-12(13)14(19-15)17-11-7-3-4-8-11/h5-6,9-11H,2-4,7-8H2,1H3,(H2,16,17,18,19). The van der Waals surface area contributed by atoms with Gasteiger partial charge in [0.15, 0.2) is 0 Å². The Kier molecular flexibility index (Phi) is 3.49. The Bertz CT molecular complexity index is 561. The molecule has 0 aliphatic heterocycles. The third-order valence-electron chi connectivity index (χ3n) is 3.63. The van der Waals surface area contributed by atoms with Gasteiger partial charge in [-0.15, -0.1) is 0 Å². The van der Waals surface area contributed by atoms with Crippen molar-refractivity contribution in [2.24, 2.45) is 0 Å². The summed E-state index contributed by atoms with van der Waals surface area (Å²) >= 11 is 0. The molecule has 2 N–H and O–H groups in total. The number of fused-ring (bicyclic) bond motifs is 1. The second kappa shape index (κ2) is 5.43. The minimum Gasteiger partial charge on any atom is -0.367 e. The van der Waals surface area contributed by atoms with E-state index < -0.39 is 0 Å². The molecule has 0 saturated heterocycles. The third-order valence-corrected chi connectivity index (χ3v) is 3.63. The fourth-order valence-electron chi connectivity index (χ4n) is 2.69. The van der Waals surface area contributed by atoms with E-state index in [-0.39, 0.29) is 0 Å². The Morgan fingerprint density at radius 2 is 1.95 bits per heavy atom. The van der Waals surface area contributed by atoms with Crippen molar-refractivity contribution in [3.05, 3.63) is 24.3 Å². The van der Waals surface area contributed by atoms with Crippen molar-refractivity contribution in [2.45, 2.75) is 38.6 Å². The van der Waals surface area contributed by atoms with Crippen LogP contribution in [0.3, 0.4) is 0 Å². The molecule has 1 aliphatic carbocycles. The van der Waals surface area contributed by atoms with Crippen LogP contribution in [0, 0.1) is 0 Å². The maximum absolute atomic E-state index is 4.62. The van der Waals surface area contributed by atoms with Crippen molar-refractivity contribution in [3.8, 4) is 0 Å². The highest BCUT2D eigenvalue weighted by Crippen LogP contribution is 2.26. The first kappa shape index (κ1) is 12.2. The molecule has 0 radical (unpaired) electrons. The molecule has 2 aromatic rings. The van der Waals surface area contributed by atoms with E-state index in [4.69, 9.17) is 0 Å². The maximum Gasteiger partial charge on any atom is 0.225 e. The lowest BCUT2D eigenvalue weighted by Crippen LogP contribution is -2.16. The number of aromatic nitrogens is 2. The van der Waals surface area contributed by atoms with Crippen LogP contribution in [0.15, 0.2) is 24.3 Å². The van der Waals surface area contributed by atoms with Gasteiger partial charge < -0.3 is 10.6 Å². The number of nitrogens with one attached hydrogen (secondary N) is 2. The highest BCUT2D eigenvalue weighted by atomic mass is 15.1. The monoisotopic (exact) mass is 256 g/mol. The first-order valence-electron chi connectivity index (χ1n) is 7.14. The molecule has 3 rings (SSSR count). The normalized spacial score (nSPS) is 15.8. The van der Waals surface area contributed by atoms with Gasteiger partial charge in [-0.25, -0.2) is 4.98 Å². The number of nitrogens with zero attached hydrogens (tertiary/aromatic N) is 2. The van der Waals surface area contributed by atoms with Crippen LogP contribution in [-0.2, 0) is 0 Å². The summed E-state index contributed by atoms with van der Waals surface area (Å²) in [5.41, 5.74) is 0.994. The van der Waals surface area contributed by atoms with Crippen LogP contribution < -0.4 is 10.6 Å². The number of benzene rings is 1. The van der Waals surface area contributed by atoms with Crippen LogP contribution >= 0.6 is 0 Å². The number of hydrogen-bond donors (Lipinski definition) is 2. The summed E-state index contributed by atoms with van der Waals surface area (Å²) in [6.07, 6.45) is 5.13. The summed E-state index contributed by atoms with van der Waals surface area (Å²) in [5.74, 6) is 1.68. The van der Waals surface area contributed by atoms with E-state index in [0.717, 1.165) is 23.3 Å². The molecule has 1 aliphatic rings. The van der Waals surface area contributed by atoms with Crippen LogP contribution in [0.2, 0.25) is 0 Å². The number of rotatable bonds is 4. The van der Waals surface area contributed by atoms with Crippen molar-refractivity contribution < 1.29 is 0 Å². The molecule has 4 nitrogen and oxygen atoms in total. The van der Waals surface area contributed by atoms with E-state index in [9.17, 15) is 0 Å². The summed E-state index contributed by atoms with van der Waals surface area (Å²) in [6, 6.07) is 8.75. The second-order valence-electron chi connectivity index (χ2n) is 5.07. The smallest absolute Gasteiger partial charge is 0.225 e. The summed E-state index contributed by atoms with van der Waals surface area (Å²) < 4.78 is 0. The fourth-order valence-corrected chi connectivity index (χ4v) is 2.69. The zero-order chi connectivity index (χ0) is 13.1. The number of para-hydroxylation sites is 1. The lowest BCUT2D eigenvalue weighted by atomic mass is 10.2. The molecule has 0 bridgehead atoms. The average molecular weight is 256 g/mol. The van der Waals surface area contributed by atoms with Crippen molar-refractivity contribution >= 4 is 22.7 Å². The van der Waals surface area contributed by atoms with Crippen molar-refractivity contribution in [3.63, 3.8) is 0 Å². The van der Waals surface area contributed by atoms with Gasteiger partial charge in [-0.3, -0.25) is 0 Å². The predicted molar refractivity (Wildman–Crippen MR) is 79.6 cm³/mol. The molecule has 0 spiro atoms. The Morgan fingerprint density at radius 1 is 1.16 bits per heavy atom. The largest absolute Gasteiger partial charge is 0.367 e. The first-order chi connectivity index (χ1) is 9.36. The average Bonchev–Trinajstić information content (AvgIpc) is 2.92. The predicted octanol–water partition coefficient (Wildman–Crippen LogP) is 3.42. The minimum absolute atomic E-state index is 0.563. The van der Waals surface area contributed by atoms with Gasteiger partial charge >= 0.3 is 0 Å². The summed E-state index contributed by atoms with van der Waals surface area (Å²) in [7, 11) is 0. The lowest BCUT2D eigenvalue weighted by Gasteiger charge is -2.15. The van der Waals surface area contributed by atoms with Gasteiger partial charge in [0.2, 0.25) is 5.95 Å². The van der Waals surface area contributed by atoms with Crippen molar-refractivity contribution in [1.82, 2.24) is 9.97 Å². The number of hydrogen-bond acceptors (Lipinski definition) is 4. The topological polar surface area (TPSA) is 49.8 Å². The summed E-state index contributed by atoms with van der Waals surface area (Å²) in [5, 5.41) is 7.90. The second-order valence-corrected chi connectivity index (χ2v) is 5.07. The highest BCUT2D eigenvalue weighted by molar-refractivity contribution is 5.90. The molecule has 100 valence electrons. The maximum atomic E-state index is 4.62. The van der Waals surface area contributed by atoms with Crippen LogP contribution in [0.25, 0.3) is 10.9 Å². The van der Waals surface area contributed by atoms with Crippen LogP contribution in [0.4, 0.5) is 11.8 Å². The Labute approximate surface area is 113 Å². The Balaban J connectivity index is 1.98. The zero-order valence-corrected chi connectivity index (χ0v) is 11.3. The summed E-state index contributed by atoms with van der Waals surface area (Å²) in [6.45, 7) is 2.89. The quantitative estimate of drug-likeness (QED) is 0.880. The van der Waals surface area contributed by atoms with Gasteiger partial charge in [-0.1, -0.05) is 25.0 Å². The van der Waals surface area contributed by atoms with Gasteiger partial charge in [-0.2, -0.15) is 4.98 Å². The molecule has 1 aromatic heterocycles. The zero-order valence-electron chi connectivity index (χ0n) is 11.3. The molecule has 1 fully saturated rings. The molecule has 1 aromatic carbocycles. The Hall–Kier alpha value is -1.84. The molecule has 0 amide bonds. The number of anilines is 2. The first-order valence-corrected chi connectivity index (χ1v) is 7.14. The van der Waals surface area contributed by atoms with Gasteiger partial charge in [0.1, 0.15) is 5.82 Å². The minimum atomic E-state index is 0.563. The van der Waals surface area contributed by atoms with E-state index in [0.29, 0.717) is 12.0 Å². The van der Waals surface area contributed by atoms with E-state index in [1.54, 1.807) is 0 Å². The molecule has 4 heteroatoms. The molecule has 19 heavy (non-hydrogen) atoms. The summed E-state index contributed by atoms with van der Waals surface area (Å²) in [4.78, 5) is 9.16. The molecule has 0 unspecified atom stereocenters. The highest BCUT2D eigenvalue weighted by Gasteiger charge is 2.17. The van der Waals surface area contributed by atoms with Gasteiger partial charge in [-0.05, 0) is 31.9 Å². The third kappa shape index (κ3) is 2.62. The SMILES string of the molecule is CCNc1nc(NC2CCCC2)c2ccccc2n1. The molecule has 1 saturated carbocycles. The Morgan fingerprint density at radius 3 is 2.74 bits per heavy atom. The van der Waals surface area contributed by atoms with E-state index in [2.05, 4.69) is 33.6 Å². The molecule has 1 heterocycles. The van der Waals surface area contributed by atoms with Gasteiger partial charge in [0.05, 0.1) is 5.52 Å². The molecular weight excluding hydrogens is 236 g/mol. The van der Waals surface area contributed by atoms with Crippen molar-refractivity contribution in [1.29, 1.82) is 0 Å². The van der Waals surface area contributed by atoms with Crippen LogP contribution in [0.1, 0.15) is 32.6 Å². The van der Waals surface area contributed by atoms with Crippen LogP contribution in [0.5, 0.6) is 0 Å².